The van der Waals surface area contributed by atoms with Gasteiger partial charge in [0, 0.05) is 16.1 Å². The van der Waals surface area contributed by atoms with E-state index in [1.54, 1.807) is 6.07 Å². The summed E-state index contributed by atoms with van der Waals surface area (Å²) in [5.74, 6) is -3.19. The molecule has 1 aliphatic rings. The van der Waals surface area contributed by atoms with Crippen LogP contribution in [0.1, 0.15) is 32.4 Å². The second kappa shape index (κ2) is 7.16. The maximum absolute atomic E-state index is 14.3. The average Bonchev–Trinajstić information content (AvgIpc) is 3.12. The fraction of sp³-hybridized carbons (Fsp3) is 0.143. The summed E-state index contributed by atoms with van der Waals surface area (Å²) in [5.41, 5.74) is 1.57. The molecule has 4 rings (SSSR count). The molecule has 1 atom stereocenters. The average molecular weight is 398 g/mol. The Hall–Kier alpha value is -3.06. The highest BCUT2D eigenvalue weighted by atomic mass is 32.1. The number of amides is 2. The largest absolute Gasteiger partial charge is 0.324 e. The number of rotatable bonds is 2. The minimum atomic E-state index is -0.955. The smallest absolute Gasteiger partial charge is 0.261 e. The molecule has 2 heterocycles. The summed E-state index contributed by atoms with van der Waals surface area (Å²) in [6.07, 6.45) is 0. The zero-order chi connectivity index (χ0) is 19.8. The second-order valence-electron chi connectivity index (χ2n) is 6.59. The Morgan fingerprint density at radius 2 is 1.89 bits per heavy atom. The van der Waals surface area contributed by atoms with E-state index in [-0.39, 0.29) is 6.54 Å². The molecule has 4 nitrogen and oxygen atoms in total. The van der Waals surface area contributed by atoms with E-state index >= 15 is 0 Å². The first-order valence-electron chi connectivity index (χ1n) is 8.64. The maximum Gasteiger partial charge on any atom is 0.261 e. The van der Waals surface area contributed by atoms with Crippen LogP contribution in [0.15, 0.2) is 53.9 Å². The summed E-state index contributed by atoms with van der Waals surface area (Å²) in [5, 5.41) is 4.65. The summed E-state index contributed by atoms with van der Waals surface area (Å²) in [7, 11) is 0. The van der Waals surface area contributed by atoms with Crippen molar-refractivity contribution in [3.05, 3.63) is 87.1 Å². The molecule has 1 aromatic heterocycles. The highest BCUT2D eigenvalue weighted by molar-refractivity contribution is 7.10. The van der Waals surface area contributed by atoms with Gasteiger partial charge in [-0.15, -0.1) is 11.3 Å². The number of thiophene rings is 1. The lowest BCUT2D eigenvalue weighted by Crippen LogP contribution is -2.39. The lowest BCUT2D eigenvalue weighted by atomic mass is 9.99. The van der Waals surface area contributed by atoms with E-state index in [9.17, 15) is 18.4 Å². The molecule has 7 heteroatoms. The van der Waals surface area contributed by atoms with Gasteiger partial charge >= 0.3 is 0 Å². The molecule has 3 aromatic rings. The van der Waals surface area contributed by atoms with Crippen LogP contribution in [0.3, 0.4) is 0 Å². The van der Waals surface area contributed by atoms with Crippen molar-refractivity contribution < 1.29 is 18.4 Å². The Morgan fingerprint density at radius 1 is 1.14 bits per heavy atom. The van der Waals surface area contributed by atoms with Crippen LogP contribution < -0.4 is 5.32 Å². The SMILES string of the molecule is Cc1ccc2c(c1)C(c1cccs1)N(C(=O)c1c(F)cccc1F)CC(=O)N2. The van der Waals surface area contributed by atoms with Crippen molar-refractivity contribution in [3.8, 4) is 0 Å². The van der Waals surface area contributed by atoms with Crippen molar-refractivity contribution in [2.75, 3.05) is 11.9 Å². The number of carbonyl (C=O) groups is 2. The Bertz CT molecular complexity index is 1050. The minimum Gasteiger partial charge on any atom is -0.324 e. The van der Waals surface area contributed by atoms with E-state index in [4.69, 9.17) is 0 Å². The molecular weight excluding hydrogens is 382 g/mol. The van der Waals surface area contributed by atoms with Gasteiger partial charge in [-0.3, -0.25) is 9.59 Å². The van der Waals surface area contributed by atoms with Gasteiger partial charge in [-0.25, -0.2) is 8.78 Å². The summed E-state index contributed by atoms with van der Waals surface area (Å²) in [6, 6.07) is 11.8. The monoisotopic (exact) mass is 398 g/mol. The molecule has 1 N–H and O–H groups in total. The third-order valence-electron chi connectivity index (χ3n) is 4.65. The van der Waals surface area contributed by atoms with Crippen LogP contribution >= 0.6 is 11.3 Å². The fourth-order valence-electron chi connectivity index (χ4n) is 3.41. The molecule has 0 bridgehead atoms. The van der Waals surface area contributed by atoms with E-state index in [2.05, 4.69) is 5.32 Å². The lowest BCUT2D eigenvalue weighted by Gasteiger charge is -2.30. The van der Waals surface area contributed by atoms with Crippen molar-refractivity contribution >= 4 is 28.8 Å². The standard InChI is InChI=1S/C21H16F2N2O2S/c1-12-7-8-16-13(10-12)20(17-6-3-9-28-17)25(11-18(26)24-16)21(27)19-14(22)4-2-5-15(19)23/h2-10,20H,11H2,1H3,(H,24,26). The Morgan fingerprint density at radius 3 is 2.57 bits per heavy atom. The van der Waals surface area contributed by atoms with E-state index in [1.165, 1.54) is 22.3 Å². The van der Waals surface area contributed by atoms with E-state index in [0.29, 0.717) is 11.3 Å². The number of aryl methyl sites for hydroxylation is 1. The third kappa shape index (κ3) is 3.18. The van der Waals surface area contributed by atoms with Crippen molar-refractivity contribution in [1.29, 1.82) is 0 Å². The van der Waals surface area contributed by atoms with Crippen LogP contribution in [0, 0.1) is 18.6 Å². The minimum absolute atomic E-state index is 0.317. The number of nitrogens with zero attached hydrogens (tertiary/aromatic N) is 1. The number of anilines is 1. The quantitative estimate of drug-likeness (QED) is 0.690. The first kappa shape index (κ1) is 18.3. The van der Waals surface area contributed by atoms with Gasteiger partial charge in [0.2, 0.25) is 5.91 Å². The van der Waals surface area contributed by atoms with Crippen LogP contribution in [-0.2, 0) is 4.79 Å². The number of hydrogen-bond donors (Lipinski definition) is 1. The molecule has 0 spiro atoms. The lowest BCUT2D eigenvalue weighted by molar-refractivity contribution is -0.117. The van der Waals surface area contributed by atoms with Gasteiger partial charge in [0.15, 0.2) is 0 Å². The van der Waals surface area contributed by atoms with Crippen LogP contribution in [0.5, 0.6) is 0 Å². The number of carbonyl (C=O) groups excluding carboxylic acids is 2. The molecule has 0 saturated heterocycles. The summed E-state index contributed by atoms with van der Waals surface area (Å²) < 4.78 is 28.6. The van der Waals surface area contributed by atoms with Crippen LogP contribution in [-0.4, -0.2) is 23.3 Å². The first-order valence-corrected chi connectivity index (χ1v) is 9.52. The van der Waals surface area contributed by atoms with E-state index in [0.717, 1.165) is 22.6 Å². The van der Waals surface area contributed by atoms with Crippen molar-refractivity contribution in [1.82, 2.24) is 4.90 Å². The molecule has 2 aromatic carbocycles. The number of halogens is 2. The first-order chi connectivity index (χ1) is 13.5. The van der Waals surface area contributed by atoms with Gasteiger partial charge < -0.3 is 10.2 Å². The molecule has 2 amide bonds. The highest BCUT2D eigenvalue weighted by Gasteiger charge is 2.36. The van der Waals surface area contributed by atoms with Crippen LogP contribution in [0.4, 0.5) is 14.5 Å². The third-order valence-corrected chi connectivity index (χ3v) is 5.58. The highest BCUT2D eigenvalue weighted by Crippen LogP contribution is 2.39. The van der Waals surface area contributed by atoms with Gasteiger partial charge in [0.1, 0.15) is 23.7 Å². The maximum atomic E-state index is 14.3. The molecule has 1 unspecified atom stereocenters. The van der Waals surface area contributed by atoms with Crippen LogP contribution in [0.25, 0.3) is 0 Å². The summed E-state index contributed by atoms with van der Waals surface area (Å²) in [6.45, 7) is 1.59. The van der Waals surface area contributed by atoms with Gasteiger partial charge in [-0.1, -0.05) is 29.8 Å². The summed E-state index contributed by atoms with van der Waals surface area (Å²) in [4.78, 5) is 27.7. The fourth-order valence-corrected chi connectivity index (χ4v) is 4.27. The van der Waals surface area contributed by atoms with Crippen molar-refractivity contribution in [2.45, 2.75) is 13.0 Å². The molecule has 28 heavy (non-hydrogen) atoms. The Balaban J connectivity index is 1.91. The molecular formula is C21H16F2N2O2S. The zero-order valence-corrected chi connectivity index (χ0v) is 15.7. The van der Waals surface area contributed by atoms with Gasteiger partial charge in [0.25, 0.3) is 5.91 Å². The van der Waals surface area contributed by atoms with E-state index < -0.39 is 35.1 Å². The predicted molar refractivity (Wildman–Crippen MR) is 103 cm³/mol. The Labute approximate surface area is 164 Å². The van der Waals surface area contributed by atoms with Crippen molar-refractivity contribution in [3.63, 3.8) is 0 Å². The second-order valence-corrected chi connectivity index (χ2v) is 7.57. The predicted octanol–water partition coefficient (Wildman–Crippen LogP) is 4.52. The molecule has 0 saturated carbocycles. The molecule has 0 aliphatic carbocycles. The molecule has 1 aliphatic heterocycles. The van der Waals surface area contributed by atoms with Crippen molar-refractivity contribution in [2.24, 2.45) is 0 Å². The van der Waals surface area contributed by atoms with Gasteiger partial charge in [-0.2, -0.15) is 0 Å². The Kier molecular flexibility index (Phi) is 4.68. The summed E-state index contributed by atoms with van der Waals surface area (Å²) >= 11 is 1.41. The number of fused-ring (bicyclic) bond motifs is 1. The van der Waals surface area contributed by atoms with E-state index in [1.807, 2.05) is 36.6 Å². The molecule has 0 radical (unpaired) electrons. The molecule has 142 valence electrons. The topological polar surface area (TPSA) is 49.4 Å². The van der Waals surface area contributed by atoms with Gasteiger partial charge in [-0.05, 0) is 36.6 Å². The normalized spacial score (nSPS) is 16.3. The zero-order valence-electron chi connectivity index (χ0n) is 14.9. The van der Waals surface area contributed by atoms with Crippen LogP contribution in [0.2, 0.25) is 0 Å². The van der Waals surface area contributed by atoms with Gasteiger partial charge in [0.05, 0.1) is 6.04 Å². The molecule has 0 fully saturated rings. The number of nitrogens with one attached hydrogen (secondary N) is 1. The number of hydrogen-bond acceptors (Lipinski definition) is 3. The number of benzene rings is 2.